The van der Waals surface area contributed by atoms with Crippen molar-refractivity contribution < 1.29 is 19.7 Å². The Morgan fingerprint density at radius 1 is 1.38 bits per heavy atom. The van der Waals surface area contributed by atoms with Crippen molar-refractivity contribution in [3.8, 4) is 0 Å². The smallest absolute Gasteiger partial charge is 0.407 e. The Balaban J connectivity index is 2.63. The van der Waals surface area contributed by atoms with E-state index < -0.39 is 23.9 Å². The van der Waals surface area contributed by atoms with Gasteiger partial charge in [0.25, 0.3) is 0 Å². The molecule has 0 saturated heterocycles. The Hall–Kier alpha value is -1.11. The molecule has 118 valence electrons. The first-order valence-electron chi connectivity index (χ1n) is 6.70. The normalized spacial score (nSPS) is 14.4. The Morgan fingerprint density at radius 3 is 2.62 bits per heavy atom. The monoisotopic (exact) mass is 359 g/mol. The number of aliphatic hydroxyl groups is 2. The van der Waals surface area contributed by atoms with Crippen molar-refractivity contribution in [2.75, 3.05) is 5.33 Å². The zero-order valence-corrected chi connectivity index (χ0v) is 14.1. The molecule has 0 radical (unpaired) electrons. The fraction of sp³-hybridized carbons (Fsp3) is 0.533. The van der Waals surface area contributed by atoms with E-state index in [4.69, 9.17) is 4.74 Å². The number of hydrogen-bond acceptors (Lipinski definition) is 4. The van der Waals surface area contributed by atoms with E-state index in [0.29, 0.717) is 12.1 Å². The molecule has 2 atom stereocenters. The maximum absolute atomic E-state index is 11.6. The number of hydrogen-bond donors (Lipinski definition) is 3. The highest BCUT2D eigenvalue weighted by Crippen LogP contribution is 2.19. The van der Waals surface area contributed by atoms with Crippen LogP contribution >= 0.6 is 15.9 Å². The number of rotatable bonds is 5. The van der Waals surface area contributed by atoms with Crippen LogP contribution in [0.4, 0.5) is 4.79 Å². The largest absolute Gasteiger partial charge is 0.444 e. The van der Waals surface area contributed by atoms with Crippen LogP contribution in [0.15, 0.2) is 24.3 Å². The lowest BCUT2D eigenvalue weighted by Crippen LogP contribution is -2.32. The maximum atomic E-state index is 11.6. The van der Waals surface area contributed by atoms with Gasteiger partial charge in [0, 0.05) is 11.9 Å². The first-order chi connectivity index (χ1) is 9.73. The van der Waals surface area contributed by atoms with Gasteiger partial charge in [0.05, 0.1) is 6.10 Å². The third-order valence-electron chi connectivity index (χ3n) is 2.65. The molecule has 2 unspecified atom stereocenters. The predicted octanol–water partition coefficient (Wildman–Crippen LogP) is 2.50. The fourth-order valence-corrected chi connectivity index (χ4v) is 2.04. The van der Waals surface area contributed by atoms with Crippen LogP contribution in [0.1, 0.15) is 38.0 Å². The minimum Gasteiger partial charge on any atom is -0.444 e. The van der Waals surface area contributed by atoms with Gasteiger partial charge in [-0.3, -0.25) is 0 Å². The van der Waals surface area contributed by atoms with Crippen molar-refractivity contribution in [1.82, 2.24) is 5.32 Å². The van der Waals surface area contributed by atoms with Crippen molar-refractivity contribution in [2.24, 2.45) is 0 Å². The molecule has 1 aromatic carbocycles. The van der Waals surface area contributed by atoms with Gasteiger partial charge in [-0.05, 0) is 31.9 Å². The SMILES string of the molecule is CC(C)(C)OC(=O)NCc1cccc(C(O)C(O)CBr)c1. The summed E-state index contributed by atoms with van der Waals surface area (Å²) in [5.74, 6) is 0. The van der Waals surface area contributed by atoms with E-state index in [2.05, 4.69) is 21.2 Å². The number of benzene rings is 1. The van der Waals surface area contributed by atoms with Gasteiger partial charge >= 0.3 is 6.09 Å². The molecule has 0 spiro atoms. The molecule has 0 aromatic heterocycles. The Bertz CT molecular complexity index is 473. The van der Waals surface area contributed by atoms with Crippen LogP contribution in [0.25, 0.3) is 0 Å². The fourth-order valence-electron chi connectivity index (χ4n) is 1.68. The molecule has 1 amide bonds. The molecule has 1 aromatic rings. The first-order valence-corrected chi connectivity index (χ1v) is 7.83. The van der Waals surface area contributed by atoms with E-state index in [1.165, 1.54) is 0 Å². The van der Waals surface area contributed by atoms with Gasteiger partial charge in [-0.15, -0.1) is 0 Å². The molecule has 0 bridgehead atoms. The second kappa shape index (κ2) is 7.77. The van der Waals surface area contributed by atoms with Gasteiger partial charge in [-0.1, -0.05) is 40.2 Å². The van der Waals surface area contributed by atoms with Gasteiger partial charge in [0.1, 0.15) is 11.7 Å². The number of amides is 1. The van der Waals surface area contributed by atoms with Crippen LogP contribution in [-0.2, 0) is 11.3 Å². The highest BCUT2D eigenvalue weighted by Gasteiger charge is 2.18. The summed E-state index contributed by atoms with van der Waals surface area (Å²) in [6, 6.07) is 7.07. The number of carbonyl (C=O) groups excluding carboxylic acids is 1. The van der Waals surface area contributed by atoms with E-state index in [1.54, 1.807) is 39.0 Å². The van der Waals surface area contributed by atoms with Crippen LogP contribution in [0.3, 0.4) is 0 Å². The molecule has 6 heteroatoms. The molecule has 3 N–H and O–H groups in total. The quantitative estimate of drug-likeness (QED) is 0.705. The first kappa shape index (κ1) is 17.9. The van der Waals surface area contributed by atoms with Gasteiger partial charge in [0.15, 0.2) is 0 Å². The number of alkyl halides is 1. The number of nitrogens with one attached hydrogen (secondary N) is 1. The minimum atomic E-state index is -0.967. The third-order valence-corrected chi connectivity index (χ3v) is 3.31. The average Bonchev–Trinajstić information content (AvgIpc) is 2.42. The molecule has 0 fully saturated rings. The highest BCUT2D eigenvalue weighted by molar-refractivity contribution is 9.09. The highest BCUT2D eigenvalue weighted by atomic mass is 79.9. The summed E-state index contributed by atoms with van der Waals surface area (Å²) in [5, 5.41) is 22.5. The summed E-state index contributed by atoms with van der Waals surface area (Å²) in [4.78, 5) is 11.6. The zero-order chi connectivity index (χ0) is 16.0. The van der Waals surface area contributed by atoms with Gasteiger partial charge in [0.2, 0.25) is 0 Å². The van der Waals surface area contributed by atoms with E-state index in [1.807, 2.05) is 6.07 Å². The Kier molecular flexibility index (Phi) is 6.64. The lowest BCUT2D eigenvalue weighted by molar-refractivity contribution is 0.0342. The van der Waals surface area contributed by atoms with Crippen molar-refractivity contribution in [1.29, 1.82) is 0 Å². The summed E-state index contributed by atoms with van der Waals surface area (Å²) in [5.41, 5.74) is 0.881. The number of halogens is 1. The second-order valence-corrected chi connectivity index (χ2v) is 6.41. The molecular formula is C15H22BrNO4. The van der Waals surface area contributed by atoms with E-state index in [-0.39, 0.29) is 5.33 Å². The van der Waals surface area contributed by atoms with Crippen molar-refractivity contribution in [3.63, 3.8) is 0 Å². The molecule has 0 aliphatic carbocycles. The predicted molar refractivity (Wildman–Crippen MR) is 84.3 cm³/mol. The van der Waals surface area contributed by atoms with Gasteiger partial charge in [-0.25, -0.2) is 4.79 Å². The lowest BCUT2D eigenvalue weighted by Gasteiger charge is -2.20. The van der Waals surface area contributed by atoms with E-state index in [9.17, 15) is 15.0 Å². The Labute approximate surface area is 133 Å². The topological polar surface area (TPSA) is 78.8 Å². The van der Waals surface area contributed by atoms with E-state index in [0.717, 1.165) is 5.56 Å². The van der Waals surface area contributed by atoms with Crippen LogP contribution in [0.2, 0.25) is 0 Å². The summed E-state index contributed by atoms with van der Waals surface area (Å²) >= 11 is 3.13. The molecule has 0 saturated carbocycles. The maximum Gasteiger partial charge on any atom is 0.407 e. The van der Waals surface area contributed by atoms with E-state index >= 15 is 0 Å². The third kappa shape index (κ3) is 6.46. The molecule has 0 heterocycles. The van der Waals surface area contributed by atoms with Crippen LogP contribution < -0.4 is 5.32 Å². The number of ether oxygens (including phenoxy) is 1. The number of aliphatic hydroxyl groups excluding tert-OH is 2. The zero-order valence-electron chi connectivity index (χ0n) is 12.5. The van der Waals surface area contributed by atoms with Crippen LogP contribution in [-0.4, -0.2) is 33.3 Å². The summed E-state index contributed by atoms with van der Waals surface area (Å²) in [6.45, 7) is 5.68. The van der Waals surface area contributed by atoms with Crippen molar-refractivity contribution in [3.05, 3.63) is 35.4 Å². The minimum absolute atomic E-state index is 0.286. The number of alkyl carbamates (subject to hydrolysis) is 1. The summed E-state index contributed by atoms with van der Waals surface area (Å²) in [7, 11) is 0. The number of carbonyl (C=O) groups is 1. The molecule has 0 aliphatic heterocycles. The lowest BCUT2D eigenvalue weighted by atomic mass is 10.0. The van der Waals surface area contributed by atoms with Crippen molar-refractivity contribution >= 4 is 22.0 Å². The molecular weight excluding hydrogens is 338 g/mol. The summed E-state index contributed by atoms with van der Waals surface area (Å²) < 4.78 is 5.15. The van der Waals surface area contributed by atoms with Crippen LogP contribution in [0, 0.1) is 0 Å². The Morgan fingerprint density at radius 2 is 2.05 bits per heavy atom. The van der Waals surface area contributed by atoms with Gasteiger partial charge in [-0.2, -0.15) is 0 Å². The molecule has 21 heavy (non-hydrogen) atoms. The van der Waals surface area contributed by atoms with Crippen LogP contribution in [0.5, 0.6) is 0 Å². The van der Waals surface area contributed by atoms with Gasteiger partial charge < -0.3 is 20.3 Å². The molecule has 1 rings (SSSR count). The average molecular weight is 360 g/mol. The summed E-state index contributed by atoms with van der Waals surface area (Å²) in [6.07, 6.45) is -2.33. The van der Waals surface area contributed by atoms with Crippen molar-refractivity contribution in [2.45, 2.75) is 45.1 Å². The molecule has 5 nitrogen and oxygen atoms in total. The second-order valence-electron chi connectivity index (χ2n) is 5.77. The molecule has 0 aliphatic rings. The standard InChI is InChI=1S/C15H22BrNO4/c1-15(2,3)21-14(20)17-9-10-5-4-6-11(7-10)13(19)12(18)8-16/h4-7,12-13,18-19H,8-9H2,1-3H3,(H,17,20).